The lowest BCUT2D eigenvalue weighted by molar-refractivity contribution is -0.146. The number of amides is 1. The quantitative estimate of drug-likeness (QED) is 0.129. The van der Waals surface area contributed by atoms with Gasteiger partial charge in [-0.05, 0) is 84.8 Å². The molecule has 1 aliphatic rings. The van der Waals surface area contributed by atoms with Gasteiger partial charge >= 0.3 is 12.1 Å². The van der Waals surface area contributed by atoms with Crippen molar-refractivity contribution in [1.29, 1.82) is 5.41 Å². The van der Waals surface area contributed by atoms with E-state index in [0.29, 0.717) is 11.3 Å². The number of nitrogens with one attached hydrogen (secondary N) is 3. The summed E-state index contributed by atoms with van der Waals surface area (Å²) in [6.07, 6.45) is 0.229. The van der Waals surface area contributed by atoms with Crippen molar-refractivity contribution in [2.75, 3.05) is 16.8 Å². The van der Waals surface area contributed by atoms with Gasteiger partial charge in [0.25, 0.3) is 5.91 Å². The molecule has 0 aromatic heterocycles. The molecule has 8 nitrogen and oxygen atoms in total. The van der Waals surface area contributed by atoms with Crippen molar-refractivity contribution in [1.82, 2.24) is 5.32 Å². The highest BCUT2D eigenvalue weighted by atomic mass is 79.9. The average molecular weight is 660 g/mol. The molecule has 0 saturated heterocycles. The molecule has 226 valence electrons. The number of hydrogen-bond acceptors (Lipinski definition) is 4. The van der Waals surface area contributed by atoms with Crippen LogP contribution in [-0.2, 0) is 17.5 Å². The van der Waals surface area contributed by atoms with Gasteiger partial charge in [-0.3, -0.25) is 10.2 Å². The van der Waals surface area contributed by atoms with E-state index in [4.69, 9.17) is 10.5 Å². The number of alkyl halides is 3. The smallest absolute Gasteiger partial charge is 0.416 e. The van der Waals surface area contributed by atoms with Crippen molar-refractivity contribution in [2.45, 2.75) is 44.5 Å². The van der Waals surface area contributed by atoms with E-state index >= 15 is 0 Å². The molecule has 1 atom stereocenters. The number of carbonyl (C=O) groups is 2. The highest BCUT2D eigenvalue weighted by Gasteiger charge is 2.31. The second-order valence-electron chi connectivity index (χ2n) is 10.1. The first-order chi connectivity index (χ1) is 20.4. The summed E-state index contributed by atoms with van der Waals surface area (Å²) in [6.45, 7) is -0.307. The summed E-state index contributed by atoms with van der Waals surface area (Å²) >= 11 is 3.12. The fourth-order valence-electron chi connectivity index (χ4n) is 4.61. The first-order valence-corrected chi connectivity index (χ1v) is 14.3. The van der Waals surface area contributed by atoms with Crippen LogP contribution < -0.4 is 15.5 Å². The van der Waals surface area contributed by atoms with Crippen molar-refractivity contribution in [2.24, 2.45) is 0 Å². The summed E-state index contributed by atoms with van der Waals surface area (Å²) in [6, 6.07) is 17.4. The lowest BCUT2D eigenvalue weighted by Crippen LogP contribution is -2.36. The highest BCUT2D eigenvalue weighted by Crippen LogP contribution is 2.34. The fourth-order valence-corrected chi connectivity index (χ4v) is 5.10. The summed E-state index contributed by atoms with van der Waals surface area (Å²) in [5.41, 5.74) is 3.12. The number of anilines is 2. The summed E-state index contributed by atoms with van der Waals surface area (Å²) in [4.78, 5) is 24.7. The van der Waals surface area contributed by atoms with Crippen LogP contribution >= 0.6 is 15.9 Å². The van der Waals surface area contributed by atoms with Gasteiger partial charge < -0.3 is 25.7 Å². The zero-order valence-corrected chi connectivity index (χ0v) is 24.5. The summed E-state index contributed by atoms with van der Waals surface area (Å²) in [5.74, 6) is -2.19. The van der Waals surface area contributed by atoms with E-state index in [1.807, 2.05) is 24.3 Å². The first kappa shape index (κ1) is 31.8. The van der Waals surface area contributed by atoms with Gasteiger partial charge in [0.15, 0.2) is 12.1 Å². The number of aliphatic hydroxyl groups excluding tert-OH is 1. The number of carbonyl (C=O) groups excluding carboxylic acids is 1. The Balaban J connectivity index is 1.57. The Morgan fingerprint density at radius 3 is 2.33 bits per heavy atom. The molecule has 0 radical (unpaired) electrons. The number of halogens is 4. The summed E-state index contributed by atoms with van der Waals surface area (Å²) in [5, 5.41) is 32.1. The second kappa shape index (κ2) is 13.9. The predicted molar refractivity (Wildman–Crippen MR) is 162 cm³/mol. The van der Waals surface area contributed by atoms with Gasteiger partial charge in [0.2, 0.25) is 0 Å². The van der Waals surface area contributed by atoms with Crippen LogP contribution in [0.25, 0.3) is 5.57 Å². The van der Waals surface area contributed by atoms with Gasteiger partial charge in [-0.15, -0.1) is 0 Å². The number of guanidine groups is 1. The lowest BCUT2D eigenvalue weighted by Gasteiger charge is -2.27. The molecule has 1 amide bonds. The molecule has 12 heteroatoms. The minimum atomic E-state index is -4.56. The predicted octanol–water partition coefficient (Wildman–Crippen LogP) is 6.65. The lowest BCUT2D eigenvalue weighted by atomic mass is 9.93. The molecule has 0 aliphatic heterocycles. The van der Waals surface area contributed by atoms with Crippen LogP contribution in [0.1, 0.15) is 52.7 Å². The molecule has 0 unspecified atom stereocenters. The van der Waals surface area contributed by atoms with Crippen LogP contribution in [0.2, 0.25) is 0 Å². The highest BCUT2D eigenvalue weighted by molar-refractivity contribution is 9.10. The van der Waals surface area contributed by atoms with Gasteiger partial charge in [-0.1, -0.05) is 46.3 Å². The minimum absolute atomic E-state index is 0.0799. The van der Waals surface area contributed by atoms with Crippen LogP contribution in [0.15, 0.2) is 77.3 Å². The van der Waals surface area contributed by atoms with Gasteiger partial charge in [0.1, 0.15) is 0 Å². The normalized spacial score (nSPS) is 13.9. The zero-order chi connectivity index (χ0) is 31.1. The van der Waals surface area contributed by atoms with E-state index in [9.17, 15) is 27.9 Å². The Hall–Kier alpha value is -4.16. The zero-order valence-electron chi connectivity index (χ0n) is 22.9. The number of rotatable bonds is 9. The van der Waals surface area contributed by atoms with Gasteiger partial charge in [0, 0.05) is 21.4 Å². The molecule has 5 N–H and O–H groups in total. The van der Waals surface area contributed by atoms with E-state index < -0.39 is 36.3 Å². The van der Waals surface area contributed by atoms with Crippen LogP contribution in [0.4, 0.5) is 24.5 Å². The maximum absolute atomic E-state index is 13.4. The maximum atomic E-state index is 13.4. The Labute approximate surface area is 254 Å². The number of nitrogens with zero attached hydrogens (tertiary/aromatic N) is 1. The third-order valence-corrected chi connectivity index (χ3v) is 7.35. The van der Waals surface area contributed by atoms with Crippen molar-refractivity contribution >= 4 is 50.7 Å². The molecule has 3 aromatic carbocycles. The van der Waals surface area contributed by atoms with Crippen LogP contribution in [0.5, 0.6) is 0 Å². The Kier molecular flexibility index (Phi) is 10.3. The van der Waals surface area contributed by atoms with Gasteiger partial charge in [0.05, 0.1) is 18.7 Å². The molecule has 0 spiro atoms. The summed E-state index contributed by atoms with van der Waals surface area (Å²) in [7, 11) is 0. The van der Waals surface area contributed by atoms with Crippen molar-refractivity contribution < 1.29 is 33.0 Å². The Morgan fingerprint density at radius 2 is 1.72 bits per heavy atom. The van der Waals surface area contributed by atoms with E-state index in [1.54, 1.807) is 17.0 Å². The largest absolute Gasteiger partial charge is 0.479 e. The molecule has 4 rings (SSSR count). The number of hydrogen-bond donors (Lipinski definition) is 5. The van der Waals surface area contributed by atoms with Crippen LogP contribution in [0, 0.1) is 5.41 Å². The summed E-state index contributed by atoms with van der Waals surface area (Å²) < 4.78 is 40.5. The number of carboxylic acid groups (broad SMARTS) is 1. The van der Waals surface area contributed by atoms with Crippen LogP contribution in [0.3, 0.4) is 0 Å². The molecule has 0 saturated carbocycles. The van der Waals surface area contributed by atoms with E-state index in [0.717, 1.165) is 43.4 Å². The topological polar surface area (TPSA) is 126 Å². The van der Waals surface area contributed by atoms with Crippen molar-refractivity contribution in [3.05, 3.63) is 99.5 Å². The third-order valence-electron chi connectivity index (χ3n) is 6.90. The molecule has 43 heavy (non-hydrogen) atoms. The minimum Gasteiger partial charge on any atom is -0.479 e. The standard InChI is InChI=1S/C31H30BrF3N4O4/c32-24-14-23(31(33,34)35)15-25(16-24)38-30(36)39(26-12-10-21(11-13-26)20-4-2-1-3-5-20)18-19-6-8-22(9-7-19)28(41)37-17-27(40)29(42)43/h4,6-16,27,40H,1-3,5,17-18H2,(H2,36,38)(H,37,41)(H,42,43)/t27-/m1/s1. The van der Waals surface area contributed by atoms with Crippen molar-refractivity contribution in [3.63, 3.8) is 0 Å². The van der Waals surface area contributed by atoms with E-state index in [1.165, 1.54) is 23.8 Å². The van der Waals surface area contributed by atoms with E-state index in [-0.39, 0.29) is 28.2 Å². The maximum Gasteiger partial charge on any atom is 0.416 e. The Morgan fingerprint density at radius 1 is 1.02 bits per heavy atom. The molecule has 1 aliphatic carbocycles. The third kappa shape index (κ3) is 8.68. The number of aliphatic carboxylic acids is 1. The average Bonchev–Trinajstić information content (AvgIpc) is 2.98. The number of allylic oxidation sites excluding steroid dienone is 2. The van der Waals surface area contributed by atoms with E-state index in [2.05, 4.69) is 32.6 Å². The molecular formula is C31H30BrF3N4O4. The second-order valence-corrected chi connectivity index (χ2v) is 11.0. The van der Waals surface area contributed by atoms with Crippen molar-refractivity contribution in [3.8, 4) is 0 Å². The molecule has 0 fully saturated rings. The molecular weight excluding hydrogens is 629 g/mol. The fraction of sp³-hybridized carbons (Fsp3) is 0.258. The number of aliphatic hydroxyl groups is 1. The molecule has 0 bridgehead atoms. The van der Waals surface area contributed by atoms with Gasteiger partial charge in [-0.25, -0.2) is 4.79 Å². The monoisotopic (exact) mass is 658 g/mol. The molecule has 3 aromatic rings. The van der Waals surface area contributed by atoms with Crippen LogP contribution in [-0.4, -0.2) is 40.7 Å². The molecule has 0 heterocycles. The van der Waals surface area contributed by atoms with Gasteiger partial charge in [-0.2, -0.15) is 13.2 Å². The SMILES string of the molecule is N=C(Nc1cc(Br)cc(C(F)(F)F)c1)N(Cc1ccc(C(=O)NC[C@@H](O)C(=O)O)cc1)c1ccc(C2=CCCCC2)cc1. The number of carboxylic acids is 1. The number of benzene rings is 3. The Bertz CT molecular complexity index is 1510. The first-order valence-electron chi connectivity index (χ1n) is 13.5.